The molecule has 0 aromatic heterocycles. The number of anilines is 1. The molecule has 1 N–H and O–H groups in total. The fourth-order valence-electron chi connectivity index (χ4n) is 2.70. The van der Waals surface area contributed by atoms with Crippen LogP contribution in [-0.2, 0) is 9.53 Å². The van der Waals surface area contributed by atoms with E-state index in [1.807, 2.05) is 12.1 Å². The van der Waals surface area contributed by atoms with Gasteiger partial charge >= 0.3 is 5.97 Å². The van der Waals surface area contributed by atoms with Crippen molar-refractivity contribution in [1.29, 1.82) is 0 Å². The van der Waals surface area contributed by atoms with E-state index < -0.39 is 5.97 Å². The second-order valence-corrected chi connectivity index (χ2v) is 5.64. The average Bonchev–Trinajstić information content (AvgIpc) is 2.47. The topological polar surface area (TPSA) is 49.8 Å². The average molecular weight is 310 g/mol. The zero-order valence-electron chi connectivity index (χ0n) is 12.1. The normalized spacial score (nSPS) is 16.6. The highest BCUT2D eigenvalue weighted by atomic mass is 35.5. The van der Waals surface area contributed by atoms with Crippen LogP contribution in [-0.4, -0.2) is 37.9 Å². The number of hydrogen-bond donors (Lipinski definition) is 1. The minimum atomic E-state index is -0.973. The fourth-order valence-corrected chi connectivity index (χ4v) is 2.93. The van der Waals surface area contributed by atoms with Gasteiger partial charge in [-0.05, 0) is 37.0 Å². The Bertz CT molecular complexity index is 522. The molecule has 114 valence electrons. The minimum Gasteiger partial charge on any atom is -0.478 e. The van der Waals surface area contributed by atoms with Gasteiger partial charge in [0.05, 0.1) is 0 Å². The molecule has 0 atom stereocenters. The molecule has 0 unspecified atom stereocenters. The molecule has 0 bridgehead atoms. The van der Waals surface area contributed by atoms with Crippen molar-refractivity contribution in [3.8, 4) is 0 Å². The van der Waals surface area contributed by atoms with Gasteiger partial charge in [0.2, 0.25) is 0 Å². The molecule has 1 aromatic carbocycles. The molecule has 0 saturated carbocycles. The molecule has 0 spiro atoms. The summed E-state index contributed by atoms with van der Waals surface area (Å²) in [7, 11) is 1.73. The van der Waals surface area contributed by atoms with Crippen molar-refractivity contribution in [1.82, 2.24) is 0 Å². The molecular weight excluding hydrogens is 290 g/mol. The van der Waals surface area contributed by atoms with E-state index in [2.05, 4.69) is 4.90 Å². The summed E-state index contributed by atoms with van der Waals surface area (Å²) in [5.74, 6) is -0.372. The van der Waals surface area contributed by atoms with E-state index in [4.69, 9.17) is 21.4 Å². The van der Waals surface area contributed by atoms with Crippen LogP contribution < -0.4 is 4.90 Å². The summed E-state index contributed by atoms with van der Waals surface area (Å²) in [6.45, 7) is 2.67. The van der Waals surface area contributed by atoms with Crippen molar-refractivity contribution < 1.29 is 14.6 Å². The van der Waals surface area contributed by atoms with Crippen molar-refractivity contribution in [2.75, 3.05) is 31.7 Å². The number of ether oxygens (including phenoxy) is 1. The number of aliphatic carboxylic acids is 1. The van der Waals surface area contributed by atoms with Gasteiger partial charge in [-0.2, -0.15) is 0 Å². The Balaban J connectivity index is 2.17. The molecule has 0 aliphatic carbocycles. The number of hydrogen-bond acceptors (Lipinski definition) is 3. The van der Waals surface area contributed by atoms with E-state index in [1.165, 1.54) is 0 Å². The van der Waals surface area contributed by atoms with Crippen LogP contribution >= 0.6 is 11.6 Å². The Labute approximate surface area is 130 Å². The van der Waals surface area contributed by atoms with Crippen LogP contribution in [0, 0.1) is 5.92 Å². The predicted molar refractivity (Wildman–Crippen MR) is 84.9 cm³/mol. The molecule has 1 aliphatic heterocycles. The summed E-state index contributed by atoms with van der Waals surface area (Å²) >= 11 is 6.22. The maximum Gasteiger partial charge on any atom is 0.328 e. The maximum atomic E-state index is 10.7. The molecule has 4 nitrogen and oxygen atoms in total. The van der Waals surface area contributed by atoms with Crippen molar-refractivity contribution in [2.24, 2.45) is 5.92 Å². The number of piperidine rings is 1. The highest BCUT2D eigenvalue weighted by Gasteiger charge is 2.21. The summed E-state index contributed by atoms with van der Waals surface area (Å²) in [6.07, 6.45) is 4.84. The summed E-state index contributed by atoms with van der Waals surface area (Å²) < 4.78 is 5.21. The third-order valence-electron chi connectivity index (χ3n) is 3.78. The maximum absolute atomic E-state index is 10.7. The number of carboxylic acid groups (broad SMARTS) is 1. The van der Waals surface area contributed by atoms with Crippen molar-refractivity contribution in [2.45, 2.75) is 12.8 Å². The molecule has 21 heavy (non-hydrogen) atoms. The lowest BCUT2D eigenvalue weighted by Crippen LogP contribution is -2.35. The quantitative estimate of drug-likeness (QED) is 0.848. The number of halogens is 1. The highest BCUT2D eigenvalue weighted by Crippen LogP contribution is 2.31. The molecule has 1 fully saturated rings. The molecule has 1 aliphatic rings. The van der Waals surface area contributed by atoms with Crippen molar-refractivity contribution >= 4 is 29.3 Å². The molecular formula is C16H20ClNO3. The van der Waals surface area contributed by atoms with Crippen molar-refractivity contribution in [3.63, 3.8) is 0 Å². The van der Waals surface area contributed by atoms with Gasteiger partial charge in [0.15, 0.2) is 0 Å². The van der Waals surface area contributed by atoms with E-state index >= 15 is 0 Å². The standard InChI is InChI=1S/C16H20ClNO3/c1-21-11-12-7-9-18(10-8-12)15-4-2-3-14(17)13(15)5-6-16(19)20/h2-6,12H,7-11H2,1H3,(H,19,20). The van der Waals surface area contributed by atoms with Gasteiger partial charge in [0.25, 0.3) is 0 Å². The largest absolute Gasteiger partial charge is 0.478 e. The minimum absolute atomic E-state index is 0.573. The first-order chi connectivity index (χ1) is 10.1. The smallest absolute Gasteiger partial charge is 0.328 e. The second kappa shape index (κ2) is 7.48. The molecule has 1 saturated heterocycles. The van der Waals surface area contributed by atoms with Crippen LogP contribution in [0.3, 0.4) is 0 Å². The van der Waals surface area contributed by atoms with Crippen LogP contribution in [0.1, 0.15) is 18.4 Å². The van der Waals surface area contributed by atoms with Gasteiger partial charge in [-0.25, -0.2) is 4.79 Å². The Kier molecular flexibility index (Phi) is 5.65. The molecule has 0 radical (unpaired) electrons. The van der Waals surface area contributed by atoms with E-state index in [1.54, 1.807) is 19.3 Å². The third-order valence-corrected chi connectivity index (χ3v) is 4.11. The predicted octanol–water partition coefficient (Wildman–Crippen LogP) is 3.30. The lowest BCUT2D eigenvalue weighted by Gasteiger charge is -2.34. The van der Waals surface area contributed by atoms with Crippen LogP contribution in [0.5, 0.6) is 0 Å². The van der Waals surface area contributed by atoms with E-state index in [-0.39, 0.29) is 0 Å². The number of nitrogens with zero attached hydrogens (tertiary/aromatic N) is 1. The van der Waals surface area contributed by atoms with E-state index in [0.29, 0.717) is 10.9 Å². The molecule has 1 heterocycles. The Morgan fingerprint density at radius 2 is 2.19 bits per heavy atom. The lowest BCUT2D eigenvalue weighted by molar-refractivity contribution is -0.131. The second-order valence-electron chi connectivity index (χ2n) is 5.23. The summed E-state index contributed by atoms with van der Waals surface area (Å²) in [5, 5.41) is 9.38. The van der Waals surface area contributed by atoms with Gasteiger partial charge in [-0.1, -0.05) is 17.7 Å². The van der Waals surface area contributed by atoms with E-state index in [0.717, 1.165) is 49.9 Å². The number of rotatable bonds is 5. The first kappa shape index (κ1) is 15.9. The first-order valence-electron chi connectivity index (χ1n) is 7.05. The zero-order chi connectivity index (χ0) is 15.2. The van der Waals surface area contributed by atoms with Gasteiger partial charge < -0.3 is 14.7 Å². The van der Waals surface area contributed by atoms with Gasteiger partial charge in [-0.3, -0.25) is 0 Å². The lowest BCUT2D eigenvalue weighted by atomic mass is 9.96. The van der Waals surface area contributed by atoms with Crippen molar-refractivity contribution in [3.05, 3.63) is 34.9 Å². The van der Waals surface area contributed by atoms with Crippen LogP contribution in [0.25, 0.3) is 6.08 Å². The number of benzene rings is 1. The van der Waals surface area contributed by atoms with Gasteiger partial charge in [0, 0.05) is 49.2 Å². The van der Waals surface area contributed by atoms with Gasteiger partial charge in [0.1, 0.15) is 0 Å². The Morgan fingerprint density at radius 3 is 2.81 bits per heavy atom. The number of carbonyl (C=O) groups is 1. The monoisotopic (exact) mass is 309 g/mol. The van der Waals surface area contributed by atoms with Crippen LogP contribution in [0.15, 0.2) is 24.3 Å². The fraction of sp³-hybridized carbons (Fsp3) is 0.438. The first-order valence-corrected chi connectivity index (χ1v) is 7.43. The summed E-state index contributed by atoms with van der Waals surface area (Å²) in [4.78, 5) is 13.0. The number of carboxylic acids is 1. The molecule has 1 aromatic rings. The third kappa shape index (κ3) is 4.22. The summed E-state index contributed by atoms with van der Waals surface area (Å²) in [5.41, 5.74) is 1.77. The number of methoxy groups -OCH3 is 1. The Morgan fingerprint density at radius 1 is 1.48 bits per heavy atom. The van der Waals surface area contributed by atoms with Gasteiger partial charge in [-0.15, -0.1) is 0 Å². The molecule has 2 rings (SSSR count). The molecule has 5 heteroatoms. The van der Waals surface area contributed by atoms with Crippen LogP contribution in [0.4, 0.5) is 5.69 Å². The Hall–Kier alpha value is -1.52. The SMILES string of the molecule is COCC1CCN(c2cccc(Cl)c2C=CC(=O)O)CC1. The molecule has 0 amide bonds. The highest BCUT2D eigenvalue weighted by molar-refractivity contribution is 6.32. The zero-order valence-corrected chi connectivity index (χ0v) is 12.8. The van der Waals surface area contributed by atoms with Crippen LogP contribution in [0.2, 0.25) is 5.02 Å². The summed E-state index contributed by atoms with van der Waals surface area (Å²) in [6, 6.07) is 5.67. The van der Waals surface area contributed by atoms with E-state index in [9.17, 15) is 4.79 Å².